The van der Waals surface area contributed by atoms with E-state index in [1.165, 1.54) is 13.8 Å². The highest BCUT2D eigenvalue weighted by molar-refractivity contribution is 6.71. The Morgan fingerprint density at radius 1 is 0.963 bits per heavy atom. The van der Waals surface area contributed by atoms with Gasteiger partial charge in [0.25, 0.3) is 17.7 Å². The maximum atomic E-state index is 15.0. The number of carbonyl (C=O) groups is 3. The van der Waals surface area contributed by atoms with Crippen molar-refractivity contribution in [3.8, 4) is 0 Å². The topological polar surface area (TPSA) is 199 Å². The van der Waals surface area contributed by atoms with E-state index < -0.39 is 50.0 Å². The first-order valence-electron chi connectivity index (χ1n) is 18.1. The van der Waals surface area contributed by atoms with Crippen molar-refractivity contribution in [3.63, 3.8) is 0 Å². The van der Waals surface area contributed by atoms with Crippen molar-refractivity contribution in [2.24, 2.45) is 5.92 Å². The molecule has 54 heavy (non-hydrogen) atoms. The Morgan fingerprint density at radius 3 is 2.26 bits per heavy atom. The number of benzene rings is 3. The molecule has 3 amide bonds. The largest absolute Gasteiger partial charge is 0.432 e. The summed E-state index contributed by atoms with van der Waals surface area (Å²) in [5.41, 5.74) is 2.25. The number of carbonyl (C=O) groups excluding carboxylic acids is 3. The molecule has 6 N–H and O–H groups in total. The van der Waals surface area contributed by atoms with Crippen molar-refractivity contribution >= 4 is 43.1 Å². The number of anilines is 3. The third-order valence-corrected chi connectivity index (χ3v) is 13.0. The van der Waals surface area contributed by atoms with Crippen LogP contribution in [0, 0.1) is 5.92 Å². The summed E-state index contributed by atoms with van der Waals surface area (Å²) < 4.78 is 8.67. The fourth-order valence-corrected chi connectivity index (χ4v) is 10.5. The molecule has 15 heteroatoms. The van der Waals surface area contributed by atoms with Gasteiger partial charge in [0.05, 0.1) is 36.6 Å². The molecule has 1 spiro atoms. The molecule has 1 saturated heterocycles. The standard InChI is InChI=1S/C39H48N6O8Si/c1-23-35(54(4,5)52)34(16-17-44-21-32(42-43-44)30(22-46)27-11-7-6-8-12-27)53-39(23)31-19-29(41-37(50)25(3)48)14-15-33(31)45(38(39)51)20-26-10-9-13-28(18-26)40-36(49)24(2)47/h6-15,18-19,21,23-25,30,34-35,46-48,52H,16-17,20,22H2,1-5H3,(H,40,49)(H,41,50)/t23-,24+,25+,30?,34+,35-,39+/m1/s1. The van der Waals surface area contributed by atoms with Crippen molar-refractivity contribution in [2.45, 2.75) is 88.7 Å². The van der Waals surface area contributed by atoms with Crippen LogP contribution in [0.1, 0.15) is 55.5 Å². The third kappa shape index (κ3) is 7.60. The van der Waals surface area contributed by atoms with E-state index in [-0.39, 0.29) is 30.5 Å². The Bertz CT molecular complexity index is 2000. The third-order valence-electron chi connectivity index (χ3n) is 10.5. The van der Waals surface area contributed by atoms with Gasteiger partial charge in [0, 0.05) is 41.1 Å². The van der Waals surface area contributed by atoms with Crippen LogP contribution in [-0.2, 0) is 37.8 Å². The van der Waals surface area contributed by atoms with E-state index >= 15 is 0 Å². The summed E-state index contributed by atoms with van der Waals surface area (Å²) in [7, 11) is -3.02. The molecule has 3 aromatic carbocycles. The highest BCUT2D eigenvalue weighted by Gasteiger charge is 2.66. The normalized spacial score (nSPS) is 22.6. The Balaban J connectivity index is 1.34. The first-order chi connectivity index (χ1) is 25.6. The van der Waals surface area contributed by atoms with Crippen molar-refractivity contribution in [2.75, 3.05) is 22.1 Å². The Hall–Kier alpha value is -4.77. The molecule has 286 valence electrons. The predicted molar refractivity (Wildman–Crippen MR) is 204 cm³/mol. The quantitative estimate of drug-likeness (QED) is 0.110. The molecule has 0 bridgehead atoms. The van der Waals surface area contributed by atoms with E-state index in [0.717, 1.165) is 5.56 Å². The van der Waals surface area contributed by atoms with E-state index in [0.29, 0.717) is 46.8 Å². The Kier molecular flexibility index (Phi) is 11.2. The van der Waals surface area contributed by atoms with Crippen LogP contribution in [0.3, 0.4) is 0 Å². The second-order valence-electron chi connectivity index (χ2n) is 14.9. The van der Waals surface area contributed by atoms with Crippen molar-refractivity contribution in [1.82, 2.24) is 15.0 Å². The summed E-state index contributed by atoms with van der Waals surface area (Å²) in [6.07, 6.45) is -0.832. The zero-order valence-corrected chi connectivity index (χ0v) is 32.0. The minimum absolute atomic E-state index is 0.117. The van der Waals surface area contributed by atoms with Gasteiger partial charge in [0.15, 0.2) is 13.9 Å². The zero-order valence-electron chi connectivity index (χ0n) is 31.0. The zero-order chi connectivity index (χ0) is 38.9. The number of hydrogen-bond donors (Lipinski definition) is 6. The van der Waals surface area contributed by atoms with Gasteiger partial charge in [-0.1, -0.05) is 54.6 Å². The van der Waals surface area contributed by atoms with Crippen LogP contribution in [0.5, 0.6) is 0 Å². The molecule has 6 rings (SSSR count). The lowest BCUT2D eigenvalue weighted by atomic mass is 9.82. The molecule has 14 nitrogen and oxygen atoms in total. The molecule has 7 atom stereocenters. The lowest BCUT2D eigenvalue weighted by Crippen LogP contribution is -2.46. The smallest absolute Gasteiger partial charge is 0.264 e. The molecule has 1 unspecified atom stereocenters. The summed E-state index contributed by atoms with van der Waals surface area (Å²) in [6, 6.07) is 21.7. The average Bonchev–Trinajstić information content (AvgIpc) is 3.78. The van der Waals surface area contributed by atoms with E-state index in [1.807, 2.05) is 56.4 Å². The van der Waals surface area contributed by atoms with Gasteiger partial charge in [-0.3, -0.25) is 19.1 Å². The highest BCUT2D eigenvalue weighted by atomic mass is 28.4. The average molecular weight is 757 g/mol. The number of ether oxygens (including phenoxy) is 1. The van der Waals surface area contributed by atoms with Crippen molar-refractivity contribution in [1.29, 1.82) is 0 Å². The molecule has 0 saturated carbocycles. The molecule has 2 aliphatic rings. The van der Waals surface area contributed by atoms with Crippen LogP contribution in [0.2, 0.25) is 18.6 Å². The number of aryl methyl sites for hydroxylation is 1. The summed E-state index contributed by atoms with van der Waals surface area (Å²) in [6.45, 7) is 8.69. The molecular weight excluding hydrogens is 709 g/mol. The van der Waals surface area contributed by atoms with Gasteiger partial charge in [-0.2, -0.15) is 0 Å². The van der Waals surface area contributed by atoms with Crippen LogP contribution < -0.4 is 15.5 Å². The number of hydrogen-bond acceptors (Lipinski definition) is 10. The van der Waals surface area contributed by atoms with E-state index in [2.05, 4.69) is 20.9 Å². The number of amides is 3. The van der Waals surface area contributed by atoms with Crippen LogP contribution in [0.4, 0.5) is 17.1 Å². The molecule has 2 aliphatic heterocycles. The van der Waals surface area contributed by atoms with Crippen LogP contribution in [0.25, 0.3) is 0 Å². The van der Waals surface area contributed by atoms with E-state index in [4.69, 9.17) is 4.74 Å². The van der Waals surface area contributed by atoms with Crippen LogP contribution in [-0.4, -0.2) is 86.1 Å². The SMILES string of the molecule is C[C@H](O)C(=O)Nc1cccc(CN2C(=O)[C@@]3(O[C@@H](CCn4cc(C(CO)c5ccccc5)nn4)[C@H]([Si](C)(C)O)[C@H]3C)c3cc(NC(=O)[C@H](C)O)ccc32)c1. The summed E-state index contributed by atoms with van der Waals surface area (Å²) in [4.78, 5) is 53.1. The number of aliphatic hydroxyl groups is 3. The lowest BCUT2D eigenvalue weighted by molar-refractivity contribution is -0.146. The minimum atomic E-state index is -3.02. The van der Waals surface area contributed by atoms with Crippen LogP contribution >= 0.6 is 0 Å². The Labute approximate surface area is 314 Å². The minimum Gasteiger partial charge on any atom is -0.432 e. The molecule has 1 fully saturated rings. The predicted octanol–water partition coefficient (Wildman–Crippen LogP) is 3.48. The molecule has 0 aliphatic carbocycles. The molecule has 4 aromatic rings. The molecule has 3 heterocycles. The number of nitrogens with one attached hydrogen (secondary N) is 2. The van der Waals surface area contributed by atoms with Gasteiger partial charge in [-0.05, 0) is 74.8 Å². The fourth-order valence-electron chi connectivity index (χ4n) is 7.90. The molecule has 0 radical (unpaired) electrons. The van der Waals surface area contributed by atoms with Crippen molar-refractivity contribution < 1.29 is 39.2 Å². The summed E-state index contributed by atoms with van der Waals surface area (Å²) in [5, 5.41) is 43.9. The number of aromatic nitrogens is 3. The summed E-state index contributed by atoms with van der Waals surface area (Å²) in [5.74, 6) is -2.34. The number of fused-ring (bicyclic) bond motifs is 2. The van der Waals surface area contributed by atoms with E-state index in [9.17, 15) is 34.5 Å². The number of nitrogens with zero attached hydrogens (tertiary/aromatic N) is 4. The number of rotatable bonds is 13. The fraction of sp³-hybridized carbons (Fsp3) is 0.410. The van der Waals surface area contributed by atoms with Gasteiger partial charge in [0.1, 0.15) is 12.2 Å². The lowest BCUT2D eigenvalue weighted by Gasteiger charge is -2.32. The number of aliphatic hydroxyl groups excluding tert-OH is 3. The molecule has 1 aromatic heterocycles. The van der Waals surface area contributed by atoms with Crippen LogP contribution in [0.15, 0.2) is 79.0 Å². The molecular formula is C39H48N6O8Si. The maximum absolute atomic E-state index is 15.0. The second-order valence-corrected chi connectivity index (χ2v) is 18.8. The first kappa shape index (κ1) is 38.9. The van der Waals surface area contributed by atoms with Gasteiger partial charge >= 0.3 is 0 Å². The second kappa shape index (κ2) is 15.5. The summed E-state index contributed by atoms with van der Waals surface area (Å²) >= 11 is 0. The highest BCUT2D eigenvalue weighted by Crippen LogP contribution is 2.60. The van der Waals surface area contributed by atoms with Gasteiger partial charge in [0.2, 0.25) is 0 Å². The van der Waals surface area contributed by atoms with Gasteiger partial charge < -0.3 is 40.4 Å². The first-order valence-corrected chi connectivity index (χ1v) is 21.2. The van der Waals surface area contributed by atoms with Gasteiger partial charge in [-0.15, -0.1) is 5.10 Å². The van der Waals surface area contributed by atoms with Gasteiger partial charge in [-0.25, -0.2) is 0 Å². The van der Waals surface area contributed by atoms with E-state index in [1.54, 1.807) is 52.2 Å². The maximum Gasteiger partial charge on any atom is 0.264 e. The van der Waals surface area contributed by atoms with Crippen molar-refractivity contribution in [3.05, 3.63) is 101 Å². The monoisotopic (exact) mass is 756 g/mol. The Morgan fingerprint density at radius 2 is 1.63 bits per heavy atom.